The van der Waals surface area contributed by atoms with Crippen molar-refractivity contribution in [2.75, 3.05) is 0 Å². The van der Waals surface area contributed by atoms with E-state index in [1.54, 1.807) is 4.91 Å². The molecule has 0 heterocycles. The summed E-state index contributed by atoms with van der Waals surface area (Å²) in [7, 11) is -2.70. The van der Waals surface area contributed by atoms with Crippen molar-refractivity contribution in [2.24, 2.45) is 5.92 Å². The fourth-order valence-electron chi connectivity index (χ4n) is 5.10. The van der Waals surface area contributed by atoms with Crippen molar-refractivity contribution >= 4 is 29.5 Å². The molecule has 0 aromatic heterocycles. The molecular weight excluding hydrogens is 391 g/mol. The summed E-state index contributed by atoms with van der Waals surface area (Å²) in [4.78, 5) is 1.56. The molecule has 154 valence electrons. The topological polar surface area (TPSA) is 17.1 Å². The molecule has 0 amide bonds. The maximum Gasteiger partial charge on any atom is 0.146 e. The summed E-state index contributed by atoms with van der Waals surface area (Å²) in [5.41, 5.74) is 0.202. The minimum atomic E-state index is -2.70. The Morgan fingerprint density at radius 3 is 2.00 bits per heavy atom. The molecule has 1 saturated carbocycles. The van der Waals surface area contributed by atoms with Crippen LogP contribution in [0.4, 0.5) is 0 Å². The molecule has 0 N–H and O–H groups in total. The van der Waals surface area contributed by atoms with Gasteiger partial charge >= 0.3 is 0 Å². The summed E-state index contributed by atoms with van der Waals surface area (Å²) in [6, 6.07) is 20.5. The van der Waals surface area contributed by atoms with E-state index in [0.29, 0.717) is 5.92 Å². The first kappa shape index (κ1) is 21.0. The molecule has 1 fully saturated rings. The van der Waals surface area contributed by atoms with Gasteiger partial charge in [-0.25, -0.2) is 0 Å². The Labute approximate surface area is 180 Å². The summed E-state index contributed by atoms with van der Waals surface area (Å²) >= 11 is 2.13. The third kappa shape index (κ3) is 4.75. The highest BCUT2D eigenvalue weighted by atomic mass is 32.2. The van der Waals surface area contributed by atoms with Crippen molar-refractivity contribution in [1.29, 1.82) is 0 Å². The SMILES string of the molecule is C[C@H]1CC(SC2CCCCC2)=CCC[C@@H]1P(=O)(c1ccccc1)c1ccccc1. The zero-order valence-electron chi connectivity index (χ0n) is 17.5. The Morgan fingerprint density at radius 2 is 1.41 bits per heavy atom. The molecule has 2 aliphatic rings. The van der Waals surface area contributed by atoms with E-state index in [9.17, 15) is 4.57 Å². The number of thioether (sulfide) groups is 1. The summed E-state index contributed by atoms with van der Waals surface area (Å²) in [6.45, 7) is 2.34. The van der Waals surface area contributed by atoms with Crippen LogP contribution in [0.25, 0.3) is 0 Å². The Hall–Kier alpha value is -1.24. The van der Waals surface area contributed by atoms with E-state index in [4.69, 9.17) is 0 Å². The van der Waals surface area contributed by atoms with Crippen molar-refractivity contribution in [3.05, 3.63) is 71.6 Å². The van der Waals surface area contributed by atoms with E-state index in [-0.39, 0.29) is 5.66 Å². The quantitative estimate of drug-likeness (QED) is 0.475. The van der Waals surface area contributed by atoms with Crippen LogP contribution in [0.1, 0.15) is 58.3 Å². The second kappa shape index (κ2) is 9.71. The van der Waals surface area contributed by atoms with Crippen molar-refractivity contribution in [1.82, 2.24) is 0 Å². The van der Waals surface area contributed by atoms with E-state index in [1.165, 1.54) is 32.1 Å². The summed E-state index contributed by atoms with van der Waals surface area (Å²) < 4.78 is 14.8. The lowest BCUT2D eigenvalue weighted by molar-refractivity contribution is 0.503. The van der Waals surface area contributed by atoms with Gasteiger partial charge in [-0.15, -0.1) is 11.8 Å². The summed E-state index contributed by atoms with van der Waals surface area (Å²) in [5.74, 6) is 0.422. The normalized spacial score (nSPS) is 24.0. The van der Waals surface area contributed by atoms with Gasteiger partial charge < -0.3 is 4.57 Å². The molecular formula is C26H33OPS. The molecule has 0 radical (unpaired) electrons. The number of rotatable bonds is 5. The molecule has 3 heteroatoms. The molecule has 0 unspecified atom stereocenters. The molecule has 1 nitrogen and oxygen atoms in total. The van der Waals surface area contributed by atoms with Crippen molar-refractivity contribution in [3.63, 3.8) is 0 Å². The first-order chi connectivity index (χ1) is 14.2. The predicted octanol–water partition coefficient (Wildman–Crippen LogP) is 7.14. The molecule has 2 aliphatic carbocycles. The van der Waals surface area contributed by atoms with Gasteiger partial charge in [-0.1, -0.05) is 92.9 Å². The minimum Gasteiger partial charge on any atom is -0.313 e. The number of hydrogen-bond donors (Lipinski definition) is 0. The molecule has 4 rings (SSSR count). The van der Waals surface area contributed by atoms with Crippen LogP contribution in [0.3, 0.4) is 0 Å². The van der Waals surface area contributed by atoms with Gasteiger partial charge in [0.25, 0.3) is 0 Å². The van der Waals surface area contributed by atoms with Gasteiger partial charge in [-0.3, -0.25) is 0 Å². The van der Waals surface area contributed by atoms with E-state index < -0.39 is 7.14 Å². The van der Waals surface area contributed by atoms with Crippen LogP contribution in [0.15, 0.2) is 71.6 Å². The van der Waals surface area contributed by atoms with Crippen molar-refractivity contribution < 1.29 is 4.57 Å². The van der Waals surface area contributed by atoms with Crippen LogP contribution in [0.5, 0.6) is 0 Å². The maximum atomic E-state index is 14.8. The molecule has 0 spiro atoms. The standard InChI is InChI=1S/C26H33OPS/c1-21-20-25(29-24-16-9-4-10-17-24)18-11-19-26(21)28(27,22-12-5-2-6-13-22)23-14-7-3-8-15-23/h2-3,5-8,12-15,18,21,24,26H,4,9-11,16-17,19-20H2,1H3/t21-,26-/m0/s1. The number of allylic oxidation sites excluding steroid dienone is 2. The van der Waals surface area contributed by atoms with Gasteiger partial charge in [0, 0.05) is 21.5 Å². The first-order valence-electron chi connectivity index (χ1n) is 11.2. The van der Waals surface area contributed by atoms with Gasteiger partial charge in [0.2, 0.25) is 0 Å². The Balaban J connectivity index is 1.60. The lowest BCUT2D eigenvalue weighted by atomic mass is 10.0. The number of benzene rings is 2. The minimum absolute atomic E-state index is 0.202. The second-order valence-corrected chi connectivity index (χ2v) is 13.1. The van der Waals surface area contributed by atoms with Crippen LogP contribution in [0, 0.1) is 5.92 Å². The number of hydrogen-bond acceptors (Lipinski definition) is 2. The Kier molecular flexibility index (Phi) is 7.04. The van der Waals surface area contributed by atoms with Gasteiger partial charge in [0.05, 0.1) is 0 Å². The average Bonchev–Trinajstić information content (AvgIpc) is 2.96. The Morgan fingerprint density at radius 1 is 0.828 bits per heavy atom. The maximum absolute atomic E-state index is 14.8. The van der Waals surface area contributed by atoms with Crippen LogP contribution in [-0.2, 0) is 4.57 Å². The molecule has 2 aromatic carbocycles. The molecule has 2 atom stereocenters. The lowest BCUT2D eigenvalue weighted by Crippen LogP contribution is -2.30. The Bertz CT molecular complexity index is 811. The van der Waals surface area contributed by atoms with Crippen LogP contribution < -0.4 is 10.6 Å². The predicted molar refractivity (Wildman–Crippen MR) is 129 cm³/mol. The van der Waals surface area contributed by atoms with E-state index in [1.807, 2.05) is 36.4 Å². The zero-order chi connectivity index (χ0) is 20.1. The van der Waals surface area contributed by atoms with Crippen LogP contribution >= 0.6 is 18.9 Å². The molecule has 0 aliphatic heterocycles. The first-order valence-corrected chi connectivity index (χ1v) is 13.9. The second-order valence-electron chi connectivity index (χ2n) is 8.70. The van der Waals surface area contributed by atoms with E-state index in [0.717, 1.165) is 35.1 Å². The summed E-state index contributed by atoms with van der Waals surface area (Å²) in [6.07, 6.45) is 12.5. The molecule has 29 heavy (non-hydrogen) atoms. The highest BCUT2D eigenvalue weighted by Crippen LogP contribution is 2.55. The smallest absolute Gasteiger partial charge is 0.146 e. The van der Waals surface area contributed by atoms with Gasteiger partial charge in [0.1, 0.15) is 7.14 Å². The molecule has 0 saturated heterocycles. The van der Waals surface area contributed by atoms with Gasteiger partial charge in [-0.2, -0.15) is 0 Å². The molecule has 0 bridgehead atoms. The van der Waals surface area contributed by atoms with Gasteiger partial charge in [-0.05, 0) is 42.9 Å². The zero-order valence-corrected chi connectivity index (χ0v) is 19.2. The fraction of sp³-hybridized carbons (Fsp3) is 0.462. The third-order valence-corrected chi connectivity index (χ3v) is 11.9. The van der Waals surface area contributed by atoms with Crippen LogP contribution in [-0.4, -0.2) is 10.9 Å². The largest absolute Gasteiger partial charge is 0.313 e. The lowest BCUT2D eigenvalue weighted by Gasteiger charge is -2.32. The highest BCUT2D eigenvalue weighted by molar-refractivity contribution is 8.03. The van der Waals surface area contributed by atoms with Crippen LogP contribution in [0.2, 0.25) is 0 Å². The van der Waals surface area contributed by atoms with E-state index >= 15 is 0 Å². The summed E-state index contributed by atoms with van der Waals surface area (Å²) in [5, 5.41) is 2.84. The van der Waals surface area contributed by atoms with E-state index in [2.05, 4.69) is 49.0 Å². The fourth-order valence-corrected chi connectivity index (χ4v) is 10.3. The third-order valence-electron chi connectivity index (χ3n) is 6.63. The van der Waals surface area contributed by atoms with Gasteiger partial charge in [0.15, 0.2) is 0 Å². The molecule has 2 aromatic rings. The highest BCUT2D eigenvalue weighted by Gasteiger charge is 2.40. The average molecular weight is 425 g/mol. The van der Waals surface area contributed by atoms with Crippen molar-refractivity contribution in [2.45, 2.75) is 69.2 Å². The monoisotopic (exact) mass is 424 g/mol. The van der Waals surface area contributed by atoms with Crippen molar-refractivity contribution in [3.8, 4) is 0 Å².